The molecule has 0 heterocycles. The van der Waals surface area contributed by atoms with Crippen LogP contribution < -0.4 is 0 Å². The van der Waals surface area contributed by atoms with Gasteiger partial charge in [-0.2, -0.15) is 0 Å². The normalized spacial score (nSPS) is 11.5. The van der Waals surface area contributed by atoms with Crippen molar-refractivity contribution in [2.45, 2.75) is 39.4 Å². The molecule has 0 aromatic heterocycles. The van der Waals surface area contributed by atoms with Crippen LogP contribution in [0, 0.1) is 5.92 Å². The number of hydrogen-bond donors (Lipinski definition) is 0. The van der Waals surface area contributed by atoms with E-state index >= 15 is 0 Å². The molecule has 0 amide bonds. The van der Waals surface area contributed by atoms with E-state index in [1.54, 1.807) is 14.2 Å². The van der Waals surface area contributed by atoms with E-state index in [1.807, 2.05) is 0 Å². The Hall–Kier alpha value is -0.0800. The zero-order valence-electron chi connectivity index (χ0n) is 8.02. The van der Waals surface area contributed by atoms with Crippen LogP contribution in [0.3, 0.4) is 0 Å². The summed E-state index contributed by atoms with van der Waals surface area (Å²) >= 11 is 0. The molecule has 0 aliphatic carbocycles. The molecule has 0 aliphatic rings. The molecule has 0 spiro atoms. The Bertz CT molecular complexity index is 79.6. The molecule has 2 nitrogen and oxygen atoms in total. The smallest absolute Gasteiger partial charge is 0.156 e. The average molecular weight is 159 g/mol. The molecule has 0 fully saturated rings. The van der Waals surface area contributed by atoms with Crippen LogP contribution in [0.1, 0.15) is 33.1 Å². The second-order valence-electron chi connectivity index (χ2n) is 2.75. The molecule has 11 heavy (non-hydrogen) atoms. The Kier molecular flexibility index (Phi) is 6.57. The van der Waals surface area contributed by atoms with Gasteiger partial charge in [0.1, 0.15) is 0 Å². The van der Waals surface area contributed by atoms with E-state index in [0.29, 0.717) is 0 Å². The van der Waals surface area contributed by atoms with Crippen LogP contribution in [0.15, 0.2) is 0 Å². The molecule has 67 valence electrons. The molecular weight excluding hydrogens is 140 g/mol. The lowest BCUT2D eigenvalue weighted by Gasteiger charge is -2.14. The fourth-order valence-corrected chi connectivity index (χ4v) is 0.873. The van der Waals surface area contributed by atoms with Gasteiger partial charge < -0.3 is 9.47 Å². The highest BCUT2D eigenvalue weighted by atomic mass is 16.7. The quantitative estimate of drug-likeness (QED) is 0.554. The molecule has 0 unspecified atom stereocenters. The third-order valence-corrected chi connectivity index (χ3v) is 1.94. The van der Waals surface area contributed by atoms with Crippen LogP contribution in [-0.4, -0.2) is 20.5 Å². The second kappa shape index (κ2) is 6.62. The number of hydrogen-bond acceptors (Lipinski definition) is 2. The lowest BCUT2D eigenvalue weighted by molar-refractivity contribution is -0.106. The van der Waals surface area contributed by atoms with Gasteiger partial charge in [-0.3, -0.25) is 0 Å². The maximum absolute atomic E-state index is 5.06. The van der Waals surface area contributed by atoms with E-state index in [4.69, 9.17) is 9.47 Å². The molecule has 0 atom stereocenters. The van der Waals surface area contributed by atoms with Crippen molar-refractivity contribution in [1.82, 2.24) is 0 Å². The summed E-state index contributed by atoms with van der Waals surface area (Å²) in [7, 11) is 3.35. The maximum Gasteiger partial charge on any atom is 0.156 e. The van der Waals surface area contributed by atoms with Crippen LogP contribution >= 0.6 is 0 Å². The maximum atomic E-state index is 5.06. The monoisotopic (exact) mass is 159 g/mol. The first-order valence-electron chi connectivity index (χ1n) is 4.11. The Morgan fingerprint density at radius 3 is 2.18 bits per heavy atom. The summed E-state index contributed by atoms with van der Waals surface area (Å²) in [5.74, 6) is 1.50. The topological polar surface area (TPSA) is 18.5 Å². The van der Waals surface area contributed by atoms with Crippen LogP contribution in [0.4, 0.5) is 0 Å². The zero-order valence-corrected chi connectivity index (χ0v) is 8.02. The first-order chi connectivity index (χ1) is 5.24. The minimum absolute atomic E-state index is 0.0310. The SMILES string of the molecule is CC[C](C)CCC(OC)OC. The van der Waals surface area contributed by atoms with Crippen LogP contribution in [-0.2, 0) is 9.47 Å². The third kappa shape index (κ3) is 5.22. The largest absolute Gasteiger partial charge is 0.356 e. The Morgan fingerprint density at radius 1 is 1.27 bits per heavy atom. The van der Waals surface area contributed by atoms with Crippen LogP contribution in [0.2, 0.25) is 0 Å². The average Bonchev–Trinajstić information content (AvgIpc) is 2.06. The van der Waals surface area contributed by atoms with Gasteiger partial charge in [0.15, 0.2) is 6.29 Å². The van der Waals surface area contributed by atoms with Crippen molar-refractivity contribution in [2.75, 3.05) is 14.2 Å². The minimum Gasteiger partial charge on any atom is -0.356 e. The van der Waals surface area contributed by atoms with E-state index in [9.17, 15) is 0 Å². The van der Waals surface area contributed by atoms with Gasteiger partial charge in [-0.05, 0) is 18.8 Å². The van der Waals surface area contributed by atoms with Gasteiger partial charge in [-0.25, -0.2) is 0 Å². The molecule has 0 rings (SSSR count). The van der Waals surface area contributed by atoms with E-state index < -0.39 is 0 Å². The van der Waals surface area contributed by atoms with Gasteiger partial charge in [0.2, 0.25) is 0 Å². The molecule has 0 saturated heterocycles. The van der Waals surface area contributed by atoms with Gasteiger partial charge in [-0.15, -0.1) is 0 Å². The van der Waals surface area contributed by atoms with Crippen molar-refractivity contribution >= 4 is 0 Å². The molecule has 0 N–H and O–H groups in total. The molecule has 0 bridgehead atoms. The number of methoxy groups -OCH3 is 2. The van der Waals surface area contributed by atoms with Gasteiger partial charge >= 0.3 is 0 Å². The van der Waals surface area contributed by atoms with Gasteiger partial charge in [-0.1, -0.05) is 20.3 Å². The van der Waals surface area contributed by atoms with Gasteiger partial charge in [0.25, 0.3) is 0 Å². The fraction of sp³-hybridized carbons (Fsp3) is 0.889. The lowest BCUT2D eigenvalue weighted by atomic mass is 10.0. The van der Waals surface area contributed by atoms with Crippen LogP contribution in [0.5, 0.6) is 0 Å². The van der Waals surface area contributed by atoms with E-state index in [1.165, 1.54) is 5.92 Å². The Labute approximate surface area is 69.9 Å². The summed E-state index contributed by atoms with van der Waals surface area (Å²) in [4.78, 5) is 0. The fourth-order valence-electron chi connectivity index (χ4n) is 0.873. The van der Waals surface area contributed by atoms with Crippen molar-refractivity contribution in [3.05, 3.63) is 5.92 Å². The standard InChI is InChI=1S/C9H19O2/c1-5-8(2)6-7-9(10-3)11-4/h9H,5-7H2,1-4H3. The van der Waals surface area contributed by atoms with E-state index in [0.717, 1.165) is 19.3 Å². The van der Waals surface area contributed by atoms with Crippen molar-refractivity contribution in [3.63, 3.8) is 0 Å². The van der Waals surface area contributed by atoms with Crippen molar-refractivity contribution < 1.29 is 9.47 Å². The molecular formula is C9H19O2. The van der Waals surface area contributed by atoms with Gasteiger partial charge in [0.05, 0.1) is 0 Å². The first-order valence-corrected chi connectivity index (χ1v) is 4.11. The zero-order chi connectivity index (χ0) is 8.69. The predicted molar refractivity (Wildman–Crippen MR) is 46.2 cm³/mol. The Morgan fingerprint density at radius 2 is 1.82 bits per heavy atom. The minimum atomic E-state index is -0.0310. The molecule has 1 radical (unpaired) electrons. The molecule has 0 saturated carbocycles. The third-order valence-electron chi connectivity index (χ3n) is 1.94. The molecule has 0 aromatic rings. The molecule has 0 aliphatic heterocycles. The van der Waals surface area contributed by atoms with Gasteiger partial charge in [0, 0.05) is 14.2 Å². The van der Waals surface area contributed by atoms with Crippen molar-refractivity contribution in [3.8, 4) is 0 Å². The Balaban J connectivity index is 3.34. The summed E-state index contributed by atoms with van der Waals surface area (Å²) in [6.45, 7) is 4.34. The highest BCUT2D eigenvalue weighted by Crippen LogP contribution is 2.14. The number of ether oxygens (including phenoxy) is 2. The predicted octanol–water partition coefficient (Wildman–Crippen LogP) is 2.39. The van der Waals surface area contributed by atoms with E-state index in [2.05, 4.69) is 13.8 Å². The summed E-state index contributed by atoms with van der Waals surface area (Å²) < 4.78 is 10.1. The van der Waals surface area contributed by atoms with E-state index in [-0.39, 0.29) is 6.29 Å². The lowest BCUT2D eigenvalue weighted by Crippen LogP contribution is -2.13. The highest BCUT2D eigenvalue weighted by molar-refractivity contribution is 4.81. The summed E-state index contributed by atoms with van der Waals surface area (Å²) in [6.07, 6.45) is 3.19. The van der Waals surface area contributed by atoms with Crippen LogP contribution in [0.25, 0.3) is 0 Å². The summed E-state index contributed by atoms with van der Waals surface area (Å²) in [5, 5.41) is 0. The van der Waals surface area contributed by atoms with Crippen molar-refractivity contribution in [2.24, 2.45) is 0 Å². The number of rotatable bonds is 6. The second-order valence-corrected chi connectivity index (χ2v) is 2.75. The summed E-state index contributed by atoms with van der Waals surface area (Å²) in [6, 6.07) is 0. The first kappa shape index (κ1) is 10.9. The molecule has 2 heteroatoms. The highest BCUT2D eigenvalue weighted by Gasteiger charge is 2.07. The van der Waals surface area contributed by atoms with Crippen molar-refractivity contribution in [1.29, 1.82) is 0 Å². The molecule has 0 aromatic carbocycles. The summed E-state index contributed by atoms with van der Waals surface area (Å²) in [5.41, 5.74) is 0.